The lowest BCUT2D eigenvalue weighted by molar-refractivity contribution is -0.117. The summed E-state index contributed by atoms with van der Waals surface area (Å²) in [5, 5.41) is 10.4. The van der Waals surface area contributed by atoms with Crippen LogP contribution in [0.4, 0.5) is 5.69 Å². The van der Waals surface area contributed by atoms with E-state index in [2.05, 4.69) is 4.99 Å². The first kappa shape index (κ1) is 10.6. The first-order valence-electron chi connectivity index (χ1n) is 5.17. The number of rotatable bonds is 0. The number of benzene rings is 1. The molecular formula is C11H11N3O2S. The molecule has 1 aromatic rings. The lowest BCUT2D eigenvalue weighted by Gasteiger charge is -2.24. The third-order valence-electron chi connectivity index (χ3n) is 2.99. The lowest BCUT2D eigenvalue weighted by atomic mass is 10.1. The van der Waals surface area contributed by atoms with Crippen LogP contribution in [0.5, 0.6) is 0 Å². The Labute approximate surface area is 102 Å². The molecule has 0 bridgehead atoms. The normalized spacial score (nSPS) is 29.9. The summed E-state index contributed by atoms with van der Waals surface area (Å²) in [5.41, 5.74) is 5.58. The number of carbonyl (C=O) groups is 1. The van der Waals surface area contributed by atoms with Crippen molar-refractivity contribution in [3.8, 4) is 0 Å². The summed E-state index contributed by atoms with van der Waals surface area (Å²) < 4.78 is 0. The monoisotopic (exact) mass is 249 g/mol. The molecule has 5 nitrogen and oxygen atoms in total. The van der Waals surface area contributed by atoms with E-state index in [-0.39, 0.29) is 5.91 Å². The number of carbonyl (C=O) groups excluding carboxylic acids is 1. The van der Waals surface area contributed by atoms with Crippen LogP contribution in [-0.4, -0.2) is 21.6 Å². The van der Waals surface area contributed by atoms with Gasteiger partial charge >= 0.3 is 0 Å². The van der Waals surface area contributed by atoms with E-state index in [1.807, 2.05) is 12.1 Å². The highest BCUT2D eigenvalue weighted by Crippen LogP contribution is 2.52. The summed E-state index contributed by atoms with van der Waals surface area (Å²) in [7, 11) is 0. The summed E-state index contributed by atoms with van der Waals surface area (Å²) in [6, 6.07) is 7.22. The smallest absolute Gasteiger partial charge is 0.225 e. The zero-order valence-corrected chi connectivity index (χ0v) is 9.94. The van der Waals surface area contributed by atoms with Crippen LogP contribution in [0.3, 0.4) is 0 Å². The molecule has 1 aromatic carbocycles. The van der Waals surface area contributed by atoms with Crippen LogP contribution >= 0.6 is 11.8 Å². The summed E-state index contributed by atoms with van der Waals surface area (Å²) in [6.07, 6.45) is 0. The molecule has 0 spiro atoms. The predicted octanol–water partition coefficient (Wildman–Crippen LogP) is 0.586. The fraction of sp³-hybridized carbons (Fsp3) is 0.273. The SMILES string of the molecule is CC(=O)N1c2ccccc2C2(O)N=C(N)SC12. The van der Waals surface area contributed by atoms with E-state index in [4.69, 9.17) is 5.73 Å². The van der Waals surface area contributed by atoms with Crippen LogP contribution < -0.4 is 10.6 Å². The van der Waals surface area contributed by atoms with E-state index in [0.717, 1.165) is 0 Å². The van der Waals surface area contributed by atoms with E-state index in [1.54, 1.807) is 17.0 Å². The Morgan fingerprint density at radius 2 is 2.29 bits per heavy atom. The van der Waals surface area contributed by atoms with Gasteiger partial charge in [-0.3, -0.25) is 9.69 Å². The Kier molecular flexibility index (Phi) is 2.02. The van der Waals surface area contributed by atoms with Crippen molar-refractivity contribution in [1.29, 1.82) is 0 Å². The van der Waals surface area contributed by atoms with Crippen molar-refractivity contribution < 1.29 is 9.90 Å². The third-order valence-corrected chi connectivity index (χ3v) is 4.09. The average Bonchev–Trinajstić information content (AvgIpc) is 2.66. The molecule has 2 aliphatic heterocycles. The van der Waals surface area contributed by atoms with Crippen molar-refractivity contribution in [1.82, 2.24) is 0 Å². The van der Waals surface area contributed by atoms with E-state index in [9.17, 15) is 9.90 Å². The van der Waals surface area contributed by atoms with Crippen LogP contribution in [0.2, 0.25) is 0 Å². The predicted molar refractivity (Wildman–Crippen MR) is 66.5 cm³/mol. The summed E-state index contributed by atoms with van der Waals surface area (Å²) in [4.78, 5) is 17.3. The van der Waals surface area contributed by atoms with Gasteiger partial charge in [0, 0.05) is 12.5 Å². The Balaban J connectivity index is 2.24. The number of aliphatic hydroxyl groups is 1. The maximum atomic E-state index is 11.7. The molecule has 0 fully saturated rings. The molecule has 2 unspecified atom stereocenters. The van der Waals surface area contributed by atoms with Gasteiger partial charge in [0.2, 0.25) is 11.6 Å². The highest BCUT2D eigenvalue weighted by molar-refractivity contribution is 8.14. The molecule has 0 radical (unpaired) electrons. The Bertz CT molecular complexity index is 545. The van der Waals surface area contributed by atoms with Crippen LogP contribution in [0.25, 0.3) is 0 Å². The molecule has 3 rings (SSSR count). The van der Waals surface area contributed by atoms with Gasteiger partial charge in [0.15, 0.2) is 5.17 Å². The van der Waals surface area contributed by atoms with Crippen molar-refractivity contribution in [3.05, 3.63) is 29.8 Å². The van der Waals surface area contributed by atoms with E-state index < -0.39 is 11.1 Å². The van der Waals surface area contributed by atoms with Gasteiger partial charge < -0.3 is 10.8 Å². The van der Waals surface area contributed by atoms with Crippen molar-refractivity contribution >= 4 is 28.5 Å². The summed E-state index contributed by atoms with van der Waals surface area (Å²) >= 11 is 1.21. The highest BCUT2D eigenvalue weighted by atomic mass is 32.2. The minimum absolute atomic E-state index is 0.129. The van der Waals surface area contributed by atoms with Gasteiger partial charge in [-0.25, -0.2) is 4.99 Å². The molecule has 3 N–H and O–H groups in total. The summed E-state index contributed by atoms with van der Waals surface area (Å²) in [6.45, 7) is 1.47. The van der Waals surface area contributed by atoms with Crippen molar-refractivity contribution in [3.63, 3.8) is 0 Å². The number of nitrogens with zero attached hydrogens (tertiary/aromatic N) is 2. The highest BCUT2D eigenvalue weighted by Gasteiger charge is 2.55. The second-order valence-electron chi connectivity index (χ2n) is 4.05. The van der Waals surface area contributed by atoms with Crippen LogP contribution in [0.1, 0.15) is 12.5 Å². The Morgan fingerprint density at radius 3 is 3.00 bits per heavy atom. The maximum Gasteiger partial charge on any atom is 0.225 e. The number of thioether (sulfide) groups is 1. The quantitative estimate of drug-likeness (QED) is 0.705. The molecular weight excluding hydrogens is 238 g/mol. The molecule has 2 heterocycles. The number of hydrogen-bond donors (Lipinski definition) is 2. The number of hydrogen-bond acceptors (Lipinski definition) is 5. The van der Waals surface area contributed by atoms with Crippen LogP contribution in [-0.2, 0) is 10.5 Å². The zero-order valence-electron chi connectivity index (χ0n) is 9.12. The van der Waals surface area contributed by atoms with Gasteiger partial charge in [0.1, 0.15) is 5.37 Å². The first-order chi connectivity index (χ1) is 8.04. The Hall–Kier alpha value is -1.53. The Morgan fingerprint density at radius 1 is 1.59 bits per heavy atom. The minimum Gasteiger partial charge on any atom is -0.378 e. The van der Waals surface area contributed by atoms with Crippen molar-refractivity contribution in [2.24, 2.45) is 10.7 Å². The van der Waals surface area contributed by atoms with E-state index in [0.29, 0.717) is 16.4 Å². The third kappa shape index (κ3) is 1.25. The zero-order chi connectivity index (χ0) is 12.2. The van der Waals surface area contributed by atoms with Gasteiger partial charge in [-0.1, -0.05) is 30.0 Å². The number of fused-ring (bicyclic) bond motifs is 3. The van der Waals surface area contributed by atoms with Gasteiger partial charge in [-0.2, -0.15) is 0 Å². The number of amidine groups is 1. The number of para-hydroxylation sites is 1. The van der Waals surface area contributed by atoms with Gasteiger partial charge in [-0.05, 0) is 6.07 Å². The molecule has 88 valence electrons. The average molecular weight is 249 g/mol. The minimum atomic E-state index is -1.41. The molecule has 2 atom stereocenters. The molecule has 0 aliphatic carbocycles. The van der Waals surface area contributed by atoms with Crippen molar-refractivity contribution in [2.45, 2.75) is 18.0 Å². The number of anilines is 1. The van der Waals surface area contributed by atoms with E-state index in [1.165, 1.54) is 18.7 Å². The second-order valence-corrected chi connectivity index (χ2v) is 5.15. The van der Waals surface area contributed by atoms with Gasteiger partial charge in [0.05, 0.1) is 5.69 Å². The lowest BCUT2D eigenvalue weighted by Crippen LogP contribution is -2.41. The first-order valence-corrected chi connectivity index (χ1v) is 6.05. The number of nitrogens with two attached hydrogens (primary N) is 1. The van der Waals surface area contributed by atoms with Gasteiger partial charge in [0.25, 0.3) is 0 Å². The fourth-order valence-electron chi connectivity index (χ4n) is 2.33. The molecule has 17 heavy (non-hydrogen) atoms. The fourth-order valence-corrected chi connectivity index (χ4v) is 3.46. The summed E-state index contributed by atoms with van der Waals surface area (Å²) in [5.74, 6) is -0.129. The molecule has 0 aromatic heterocycles. The largest absolute Gasteiger partial charge is 0.378 e. The number of aliphatic imine (C=N–C) groups is 1. The van der Waals surface area contributed by atoms with Gasteiger partial charge in [-0.15, -0.1) is 0 Å². The second kappa shape index (κ2) is 3.24. The molecule has 0 saturated carbocycles. The van der Waals surface area contributed by atoms with Crippen molar-refractivity contribution in [2.75, 3.05) is 4.90 Å². The molecule has 0 saturated heterocycles. The number of amides is 1. The maximum absolute atomic E-state index is 11.7. The van der Waals surface area contributed by atoms with E-state index >= 15 is 0 Å². The molecule has 2 aliphatic rings. The topological polar surface area (TPSA) is 78.9 Å². The standard InChI is InChI=1S/C11H11N3O2S/c1-6(15)14-8-5-3-2-4-7(8)11(16)9(14)17-10(12)13-11/h2-5,9,16H,1H3,(H2,12,13). The molecule has 6 heteroatoms. The van der Waals surface area contributed by atoms with Crippen LogP contribution in [0.15, 0.2) is 29.3 Å². The molecule has 1 amide bonds. The van der Waals surface area contributed by atoms with Crippen LogP contribution in [0, 0.1) is 0 Å².